The monoisotopic (exact) mass is 373 g/mol. The van der Waals surface area contributed by atoms with Gasteiger partial charge in [-0.05, 0) is 54.8 Å². The van der Waals surface area contributed by atoms with Gasteiger partial charge in [-0.3, -0.25) is 14.5 Å². The first-order chi connectivity index (χ1) is 13.3. The summed E-state index contributed by atoms with van der Waals surface area (Å²) >= 11 is 1.71. The fraction of sp³-hybridized carbons (Fsp3) is 0.143. The van der Waals surface area contributed by atoms with E-state index in [2.05, 4.69) is 55.9 Å². The van der Waals surface area contributed by atoms with Crippen molar-refractivity contribution in [3.05, 3.63) is 84.4 Å². The zero-order valence-electron chi connectivity index (χ0n) is 15.0. The average molecular weight is 373 g/mol. The number of benzene rings is 1. The number of hydrogen-bond acceptors (Lipinski definition) is 5. The molecule has 0 unspecified atom stereocenters. The molecule has 1 aromatic carbocycles. The summed E-state index contributed by atoms with van der Waals surface area (Å²) in [5, 5.41) is 9.86. The standard InChI is InChI=1S/C21H19N5S/c1-16-4-2-3-5-19(16)26-20(18-8-13-23-14-9-18)24-25-21(26)27-15-10-17-6-11-22-12-7-17/h2-9,11-14H,10,15H2,1H3. The minimum atomic E-state index is 0.832. The van der Waals surface area contributed by atoms with Gasteiger partial charge in [0.15, 0.2) is 11.0 Å². The van der Waals surface area contributed by atoms with Gasteiger partial charge in [-0.1, -0.05) is 30.0 Å². The first-order valence-corrected chi connectivity index (χ1v) is 9.75. The topological polar surface area (TPSA) is 56.5 Å². The van der Waals surface area contributed by atoms with Crippen molar-refractivity contribution in [3.63, 3.8) is 0 Å². The van der Waals surface area contributed by atoms with Gasteiger partial charge in [0.25, 0.3) is 0 Å². The highest BCUT2D eigenvalue weighted by Crippen LogP contribution is 2.29. The maximum atomic E-state index is 4.48. The molecular formula is C21H19N5S. The Balaban J connectivity index is 1.67. The molecule has 6 heteroatoms. The average Bonchev–Trinajstić information content (AvgIpc) is 3.13. The van der Waals surface area contributed by atoms with E-state index in [1.54, 1.807) is 24.2 Å². The Bertz CT molecular complexity index is 1020. The molecule has 0 saturated carbocycles. The van der Waals surface area contributed by atoms with E-state index in [1.165, 1.54) is 11.1 Å². The molecule has 134 valence electrons. The Kier molecular flexibility index (Phi) is 5.25. The number of thioether (sulfide) groups is 1. The third-order valence-corrected chi connectivity index (χ3v) is 5.23. The van der Waals surface area contributed by atoms with Crippen LogP contribution in [-0.4, -0.2) is 30.5 Å². The van der Waals surface area contributed by atoms with Crippen molar-refractivity contribution in [2.24, 2.45) is 0 Å². The lowest BCUT2D eigenvalue weighted by Crippen LogP contribution is -2.02. The smallest absolute Gasteiger partial charge is 0.196 e. The van der Waals surface area contributed by atoms with Crippen LogP contribution in [0, 0.1) is 6.92 Å². The van der Waals surface area contributed by atoms with Gasteiger partial charge in [0.05, 0.1) is 5.69 Å². The van der Waals surface area contributed by atoms with Gasteiger partial charge in [0.1, 0.15) is 0 Å². The number of aryl methyl sites for hydroxylation is 2. The van der Waals surface area contributed by atoms with Crippen LogP contribution in [0.1, 0.15) is 11.1 Å². The summed E-state index contributed by atoms with van der Waals surface area (Å²) in [6.45, 7) is 2.11. The van der Waals surface area contributed by atoms with Gasteiger partial charge in [-0.2, -0.15) is 0 Å². The van der Waals surface area contributed by atoms with Gasteiger partial charge in [0.2, 0.25) is 0 Å². The first kappa shape index (κ1) is 17.4. The Morgan fingerprint density at radius 3 is 2.30 bits per heavy atom. The molecular weight excluding hydrogens is 354 g/mol. The van der Waals surface area contributed by atoms with Crippen LogP contribution in [0.2, 0.25) is 0 Å². The maximum absolute atomic E-state index is 4.48. The molecule has 3 aromatic heterocycles. The predicted octanol–water partition coefficient (Wildman–Crippen LogP) is 4.37. The van der Waals surface area contributed by atoms with E-state index in [0.717, 1.165) is 34.4 Å². The molecule has 0 bridgehead atoms. The second kappa shape index (κ2) is 8.14. The number of pyridine rings is 2. The van der Waals surface area contributed by atoms with Crippen molar-refractivity contribution in [3.8, 4) is 17.1 Å². The molecule has 0 amide bonds. The molecule has 4 aromatic rings. The Morgan fingerprint density at radius 2 is 1.56 bits per heavy atom. The van der Waals surface area contributed by atoms with Gasteiger partial charge >= 0.3 is 0 Å². The minimum absolute atomic E-state index is 0.832. The Hall–Kier alpha value is -2.99. The van der Waals surface area contributed by atoms with Crippen LogP contribution in [0.4, 0.5) is 0 Å². The third-order valence-electron chi connectivity index (χ3n) is 4.30. The molecule has 0 radical (unpaired) electrons. The van der Waals surface area contributed by atoms with E-state index in [0.29, 0.717) is 0 Å². The first-order valence-electron chi connectivity index (χ1n) is 8.76. The Morgan fingerprint density at radius 1 is 0.852 bits per heavy atom. The van der Waals surface area contributed by atoms with Crippen LogP contribution >= 0.6 is 11.8 Å². The number of aromatic nitrogens is 5. The molecule has 27 heavy (non-hydrogen) atoms. The predicted molar refractivity (Wildman–Crippen MR) is 108 cm³/mol. The Labute approximate surface area is 162 Å². The van der Waals surface area contributed by atoms with Crippen molar-refractivity contribution in [1.82, 2.24) is 24.7 Å². The van der Waals surface area contributed by atoms with Crippen molar-refractivity contribution in [2.45, 2.75) is 18.5 Å². The van der Waals surface area contributed by atoms with Crippen LogP contribution in [0.15, 0.2) is 78.5 Å². The lowest BCUT2D eigenvalue weighted by molar-refractivity contribution is 0.879. The van der Waals surface area contributed by atoms with Crippen molar-refractivity contribution >= 4 is 11.8 Å². The fourth-order valence-corrected chi connectivity index (χ4v) is 3.83. The number of nitrogens with zero attached hydrogens (tertiary/aromatic N) is 5. The second-order valence-corrected chi connectivity index (χ2v) is 7.18. The summed E-state index contributed by atoms with van der Waals surface area (Å²) in [5.41, 5.74) is 4.56. The van der Waals surface area contributed by atoms with Gasteiger partial charge in [0, 0.05) is 36.1 Å². The highest BCUT2D eigenvalue weighted by atomic mass is 32.2. The van der Waals surface area contributed by atoms with Crippen LogP contribution < -0.4 is 0 Å². The molecule has 0 fully saturated rings. The highest BCUT2D eigenvalue weighted by molar-refractivity contribution is 7.99. The van der Waals surface area contributed by atoms with E-state index in [4.69, 9.17) is 0 Å². The van der Waals surface area contributed by atoms with E-state index in [-0.39, 0.29) is 0 Å². The number of hydrogen-bond donors (Lipinski definition) is 0. The van der Waals surface area contributed by atoms with Crippen LogP contribution in [-0.2, 0) is 6.42 Å². The SMILES string of the molecule is Cc1ccccc1-n1c(SCCc2ccncc2)nnc1-c1ccncc1. The molecule has 5 nitrogen and oxygen atoms in total. The zero-order chi connectivity index (χ0) is 18.5. The number of para-hydroxylation sites is 1. The maximum Gasteiger partial charge on any atom is 0.196 e. The highest BCUT2D eigenvalue weighted by Gasteiger charge is 2.17. The summed E-state index contributed by atoms with van der Waals surface area (Å²) in [4.78, 5) is 8.19. The summed E-state index contributed by atoms with van der Waals surface area (Å²) in [6, 6.07) is 16.3. The molecule has 3 heterocycles. The van der Waals surface area contributed by atoms with Crippen LogP contribution in [0.5, 0.6) is 0 Å². The lowest BCUT2D eigenvalue weighted by Gasteiger charge is -2.12. The second-order valence-electron chi connectivity index (χ2n) is 6.12. The van der Waals surface area contributed by atoms with Crippen LogP contribution in [0.3, 0.4) is 0 Å². The number of rotatable bonds is 6. The summed E-state index contributed by atoms with van der Waals surface area (Å²) in [6.07, 6.45) is 8.18. The summed E-state index contributed by atoms with van der Waals surface area (Å²) in [7, 11) is 0. The van der Waals surface area contributed by atoms with Crippen molar-refractivity contribution in [1.29, 1.82) is 0 Å². The molecule has 0 atom stereocenters. The fourth-order valence-electron chi connectivity index (χ4n) is 2.89. The van der Waals surface area contributed by atoms with Crippen LogP contribution in [0.25, 0.3) is 17.1 Å². The molecule has 0 aliphatic rings. The summed E-state index contributed by atoms with van der Waals surface area (Å²) in [5.74, 6) is 1.75. The molecule has 0 N–H and O–H groups in total. The zero-order valence-corrected chi connectivity index (χ0v) is 15.8. The van der Waals surface area contributed by atoms with E-state index < -0.39 is 0 Å². The lowest BCUT2D eigenvalue weighted by atomic mass is 10.2. The quantitative estimate of drug-likeness (QED) is 0.470. The van der Waals surface area contributed by atoms with Gasteiger partial charge in [-0.15, -0.1) is 10.2 Å². The van der Waals surface area contributed by atoms with Crippen molar-refractivity contribution < 1.29 is 0 Å². The summed E-state index contributed by atoms with van der Waals surface area (Å²) < 4.78 is 2.14. The molecule has 0 saturated heterocycles. The largest absolute Gasteiger partial charge is 0.270 e. The van der Waals surface area contributed by atoms with E-state index >= 15 is 0 Å². The third kappa shape index (κ3) is 3.90. The van der Waals surface area contributed by atoms with Gasteiger partial charge in [-0.25, -0.2) is 0 Å². The minimum Gasteiger partial charge on any atom is -0.270 e. The van der Waals surface area contributed by atoms with Crippen molar-refractivity contribution in [2.75, 3.05) is 5.75 Å². The van der Waals surface area contributed by atoms with E-state index in [1.807, 2.05) is 36.7 Å². The molecule has 0 aliphatic heterocycles. The molecule has 0 spiro atoms. The van der Waals surface area contributed by atoms with Gasteiger partial charge < -0.3 is 0 Å². The normalized spacial score (nSPS) is 10.9. The molecule has 4 rings (SSSR count). The van der Waals surface area contributed by atoms with E-state index in [9.17, 15) is 0 Å². The molecule has 0 aliphatic carbocycles.